The highest BCUT2D eigenvalue weighted by atomic mass is 35.5. The van der Waals surface area contributed by atoms with Gasteiger partial charge in [-0.25, -0.2) is 0 Å². The minimum absolute atomic E-state index is 0.154. The van der Waals surface area contributed by atoms with Crippen molar-refractivity contribution in [3.63, 3.8) is 0 Å². The van der Waals surface area contributed by atoms with Gasteiger partial charge in [-0.1, -0.05) is 65.7 Å². The lowest BCUT2D eigenvalue weighted by Crippen LogP contribution is -2.13. The summed E-state index contributed by atoms with van der Waals surface area (Å²) < 4.78 is 5.37. The Morgan fingerprint density at radius 3 is 2.57 bits per heavy atom. The molecule has 0 saturated heterocycles. The summed E-state index contributed by atoms with van der Waals surface area (Å²) in [6.45, 7) is 0. The molecule has 1 aromatic heterocycles. The number of aryl methyl sites for hydroxylation is 1. The summed E-state index contributed by atoms with van der Waals surface area (Å²) in [4.78, 5) is 12.3. The van der Waals surface area contributed by atoms with Crippen LogP contribution >= 0.6 is 34.5 Å². The molecule has 1 heterocycles. The maximum Gasteiger partial charge on any atom is 0.225 e. The van der Waals surface area contributed by atoms with E-state index < -0.39 is 6.29 Å². The lowest BCUT2D eigenvalue weighted by Gasteiger charge is -2.10. The number of halogens is 2. The molecule has 0 bridgehead atoms. The monoisotopic (exact) mass is 435 g/mol. The molecular formula is C21H19Cl2NO3S. The first kappa shape index (κ1) is 20.8. The van der Waals surface area contributed by atoms with Gasteiger partial charge in [0.2, 0.25) is 5.91 Å². The molecule has 2 N–H and O–H groups in total. The Balaban J connectivity index is 1.60. The molecule has 1 unspecified atom stereocenters. The van der Waals surface area contributed by atoms with E-state index in [4.69, 9.17) is 27.9 Å². The third-order valence-electron chi connectivity index (χ3n) is 4.25. The number of anilines is 1. The highest BCUT2D eigenvalue weighted by Crippen LogP contribution is 2.36. The number of carbonyl (C=O) groups excluding carboxylic acids is 1. The van der Waals surface area contributed by atoms with Gasteiger partial charge >= 0.3 is 0 Å². The van der Waals surface area contributed by atoms with Crippen molar-refractivity contribution in [3.8, 4) is 11.1 Å². The summed E-state index contributed by atoms with van der Waals surface area (Å²) in [7, 11) is 1.38. The Labute approximate surface area is 177 Å². The zero-order chi connectivity index (χ0) is 20.1. The number of carbonyl (C=O) groups is 1. The van der Waals surface area contributed by atoms with E-state index in [1.807, 2.05) is 48.5 Å². The third kappa shape index (κ3) is 5.13. The number of rotatable bonds is 7. The van der Waals surface area contributed by atoms with Crippen molar-refractivity contribution in [2.75, 3.05) is 12.4 Å². The van der Waals surface area contributed by atoms with E-state index in [9.17, 15) is 9.90 Å². The van der Waals surface area contributed by atoms with E-state index in [0.29, 0.717) is 32.8 Å². The number of aliphatic hydroxyl groups excluding tert-OH is 1. The zero-order valence-corrected chi connectivity index (χ0v) is 17.4. The Morgan fingerprint density at radius 2 is 1.89 bits per heavy atom. The van der Waals surface area contributed by atoms with Crippen molar-refractivity contribution < 1.29 is 14.6 Å². The summed E-state index contributed by atoms with van der Waals surface area (Å²) in [5.41, 5.74) is 3.51. The first-order chi connectivity index (χ1) is 13.5. The fourth-order valence-electron chi connectivity index (χ4n) is 2.78. The molecule has 2 aromatic carbocycles. The van der Waals surface area contributed by atoms with Gasteiger partial charge in [0.1, 0.15) is 5.00 Å². The number of nitrogens with one attached hydrogen (secondary N) is 1. The average Bonchev–Trinajstić information content (AvgIpc) is 3.06. The fraction of sp³-hybridized carbons (Fsp3) is 0.190. The van der Waals surface area contributed by atoms with Crippen molar-refractivity contribution >= 4 is 45.4 Å². The highest BCUT2D eigenvalue weighted by Gasteiger charge is 2.17. The number of hydrogen-bond acceptors (Lipinski definition) is 4. The van der Waals surface area contributed by atoms with Gasteiger partial charge in [-0.2, -0.15) is 0 Å². The molecular weight excluding hydrogens is 417 g/mol. The largest absolute Gasteiger partial charge is 0.364 e. The van der Waals surface area contributed by atoms with Crippen LogP contribution in [0, 0.1) is 0 Å². The molecule has 4 nitrogen and oxygen atoms in total. The Bertz CT molecular complexity index is 957. The summed E-state index contributed by atoms with van der Waals surface area (Å²) in [6, 6.07) is 17.3. The second-order valence-corrected chi connectivity index (χ2v) is 8.24. The van der Waals surface area contributed by atoms with E-state index in [2.05, 4.69) is 5.32 Å². The molecule has 7 heteroatoms. The topological polar surface area (TPSA) is 58.6 Å². The van der Waals surface area contributed by atoms with Crippen LogP contribution in [0.15, 0.2) is 54.6 Å². The van der Waals surface area contributed by atoms with Crippen LogP contribution in [0.2, 0.25) is 9.36 Å². The summed E-state index contributed by atoms with van der Waals surface area (Å²) in [5, 5.41) is 13.9. The Hall–Kier alpha value is -1.89. The Morgan fingerprint density at radius 1 is 1.18 bits per heavy atom. The van der Waals surface area contributed by atoms with Gasteiger partial charge in [0.25, 0.3) is 0 Å². The van der Waals surface area contributed by atoms with E-state index in [0.717, 1.165) is 16.7 Å². The number of methoxy groups -OCH3 is 1. The van der Waals surface area contributed by atoms with Crippen LogP contribution in [-0.4, -0.2) is 18.1 Å². The first-order valence-electron chi connectivity index (χ1n) is 8.61. The zero-order valence-electron chi connectivity index (χ0n) is 15.1. The minimum Gasteiger partial charge on any atom is -0.364 e. The van der Waals surface area contributed by atoms with Crippen LogP contribution in [0.1, 0.15) is 23.8 Å². The molecule has 0 fully saturated rings. The second kappa shape index (κ2) is 9.54. The van der Waals surface area contributed by atoms with Crippen molar-refractivity contribution in [3.05, 3.63) is 75.1 Å². The van der Waals surface area contributed by atoms with Crippen LogP contribution in [-0.2, 0) is 16.0 Å². The molecule has 146 valence electrons. The molecule has 0 aliphatic heterocycles. The lowest BCUT2D eigenvalue weighted by atomic mass is 10.0. The number of hydrogen-bond donors (Lipinski definition) is 2. The Kier molecular flexibility index (Phi) is 7.10. The smallest absolute Gasteiger partial charge is 0.225 e. The maximum absolute atomic E-state index is 12.3. The fourth-order valence-corrected chi connectivity index (χ4v) is 4.19. The first-order valence-corrected chi connectivity index (χ1v) is 10.2. The van der Waals surface area contributed by atoms with Crippen LogP contribution in [0.4, 0.5) is 5.00 Å². The molecule has 0 radical (unpaired) electrons. The van der Waals surface area contributed by atoms with Crippen molar-refractivity contribution in [2.45, 2.75) is 19.1 Å². The highest BCUT2D eigenvalue weighted by molar-refractivity contribution is 7.20. The van der Waals surface area contributed by atoms with Crippen LogP contribution in [0.25, 0.3) is 11.1 Å². The van der Waals surface area contributed by atoms with Crippen LogP contribution < -0.4 is 5.32 Å². The van der Waals surface area contributed by atoms with Crippen molar-refractivity contribution in [1.29, 1.82) is 0 Å². The molecule has 3 rings (SSSR count). The van der Waals surface area contributed by atoms with Gasteiger partial charge in [-0.3, -0.25) is 4.79 Å². The molecule has 0 spiro atoms. The van der Waals surface area contributed by atoms with E-state index >= 15 is 0 Å². The molecule has 0 saturated carbocycles. The van der Waals surface area contributed by atoms with Gasteiger partial charge in [0.15, 0.2) is 6.29 Å². The van der Waals surface area contributed by atoms with Gasteiger partial charge in [-0.15, -0.1) is 11.3 Å². The maximum atomic E-state index is 12.3. The van der Waals surface area contributed by atoms with Crippen molar-refractivity contribution in [1.82, 2.24) is 0 Å². The van der Waals surface area contributed by atoms with Crippen LogP contribution in [0.3, 0.4) is 0 Å². The van der Waals surface area contributed by atoms with E-state index in [1.54, 1.807) is 6.07 Å². The molecule has 0 aliphatic rings. The number of thiophene rings is 1. The predicted octanol–water partition coefficient (Wildman–Crippen LogP) is 5.93. The third-order valence-corrected chi connectivity index (χ3v) is 5.78. The SMILES string of the molecule is COC(O)c1cc(Cl)sc1NC(=O)CCc1ccc(-c2ccccc2Cl)cc1. The van der Waals surface area contributed by atoms with Gasteiger partial charge in [0, 0.05) is 29.7 Å². The number of benzene rings is 2. The average molecular weight is 436 g/mol. The van der Waals surface area contributed by atoms with E-state index in [1.165, 1.54) is 18.4 Å². The van der Waals surface area contributed by atoms with Gasteiger partial charge < -0.3 is 15.2 Å². The summed E-state index contributed by atoms with van der Waals surface area (Å²) in [5.74, 6) is -0.154. The van der Waals surface area contributed by atoms with Crippen molar-refractivity contribution in [2.24, 2.45) is 0 Å². The van der Waals surface area contributed by atoms with Crippen LogP contribution in [0.5, 0.6) is 0 Å². The normalized spacial score (nSPS) is 12.0. The minimum atomic E-state index is -1.13. The molecule has 3 aromatic rings. The van der Waals surface area contributed by atoms with E-state index in [-0.39, 0.29) is 5.91 Å². The second-order valence-electron chi connectivity index (χ2n) is 6.15. The van der Waals surface area contributed by atoms with Gasteiger partial charge in [0.05, 0.1) is 4.34 Å². The number of amides is 1. The van der Waals surface area contributed by atoms with Gasteiger partial charge in [-0.05, 0) is 29.7 Å². The number of ether oxygens (including phenoxy) is 1. The standard InChI is InChI=1S/C21H19Cl2NO3S/c1-27-21(26)16-12-18(23)28-20(16)24-19(25)11-8-13-6-9-14(10-7-13)15-4-2-3-5-17(15)22/h2-7,9-10,12,21,26H,8,11H2,1H3,(H,24,25). The summed E-state index contributed by atoms with van der Waals surface area (Å²) in [6.07, 6.45) is -0.226. The lowest BCUT2D eigenvalue weighted by molar-refractivity contribution is -0.116. The molecule has 28 heavy (non-hydrogen) atoms. The summed E-state index contributed by atoms with van der Waals surface area (Å²) >= 11 is 13.4. The molecule has 1 atom stereocenters. The molecule has 1 amide bonds. The quantitative estimate of drug-likeness (QED) is 0.452. The molecule has 0 aliphatic carbocycles. The predicted molar refractivity (Wildman–Crippen MR) is 115 cm³/mol. The number of aliphatic hydroxyl groups is 1.